The maximum absolute atomic E-state index is 13.6. The van der Waals surface area contributed by atoms with E-state index in [4.69, 9.17) is 16.0 Å². The van der Waals surface area contributed by atoms with Gasteiger partial charge in [0.15, 0.2) is 5.82 Å². The third-order valence-electron chi connectivity index (χ3n) is 1.88. The van der Waals surface area contributed by atoms with Crippen molar-refractivity contribution in [2.75, 3.05) is 0 Å². The first-order chi connectivity index (χ1) is 7.11. The molecule has 0 N–H and O–H groups in total. The van der Waals surface area contributed by atoms with E-state index in [1.165, 1.54) is 12.3 Å². The molecule has 0 unspecified atom stereocenters. The van der Waals surface area contributed by atoms with E-state index in [1.54, 1.807) is 12.1 Å². The van der Waals surface area contributed by atoms with Crippen LogP contribution in [0.4, 0.5) is 4.39 Å². The van der Waals surface area contributed by atoms with Crippen molar-refractivity contribution in [2.24, 2.45) is 0 Å². The molecular weight excluding hydrogens is 350 g/mol. The summed E-state index contributed by atoms with van der Waals surface area (Å²) < 4.78 is 19.4. The Hall–Kier alpha value is -0.320. The summed E-state index contributed by atoms with van der Waals surface area (Å²) in [4.78, 5) is 0. The van der Waals surface area contributed by atoms with Gasteiger partial charge in [-0.2, -0.15) is 0 Å². The molecule has 0 atom stereocenters. The molecule has 0 radical (unpaired) electrons. The molecule has 0 aliphatic carbocycles. The smallest absolute Gasteiger partial charge is 0.152 e. The molecule has 0 fully saturated rings. The normalized spacial score (nSPS) is 10.7. The van der Waals surface area contributed by atoms with Crippen LogP contribution in [-0.2, 0) is 0 Å². The highest BCUT2D eigenvalue weighted by Crippen LogP contribution is 2.39. The van der Waals surface area contributed by atoms with Gasteiger partial charge in [-0.1, -0.05) is 11.6 Å². The molecule has 0 aliphatic rings. The molecule has 0 bridgehead atoms. The summed E-state index contributed by atoms with van der Waals surface area (Å²) in [6.07, 6.45) is 1.51. The fourth-order valence-electron chi connectivity index (χ4n) is 1.21. The average molecular weight is 354 g/mol. The lowest BCUT2D eigenvalue weighted by atomic mass is 10.1. The number of rotatable bonds is 1. The van der Waals surface area contributed by atoms with Crippen LogP contribution in [0.5, 0.6) is 0 Å². The molecule has 5 heteroatoms. The molecule has 2 aromatic rings. The lowest BCUT2D eigenvalue weighted by Crippen LogP contribution is -1.86. The number of halogens is 4. The van der Waals surface area contributed by atoms with Crippen molar-refractivity contribution in [3.63, 3.8) is 0 Å². The topological polar surface area (TPSA) is 13.1 Å². The summed E-state index contributed by atoms with van der Waals surface area (Å²) in [5.41, 5.74) is 0.516. The second-order valence-electron chi connectivity index (χ2n) is 2.82. The highest BCUT2D eigenvalue weighted by Gasteiger charge is 2.17. The summed E-state index contributed by atoms with van der Waals surface area (Å²) in [7, 11) is 0. The molecule has 1 aromatic heterocycles. The summed E-state index contributed by atoms with van der Waals surface area (Å²) in [6.45, 7) is 0. The zero-order valence-electron chi connectivity index (χ0n) is 7.23. The maximum atomic E-state index is 13.6. The van der Waals surface area contributed by atoms with Gasteiger partial charge in [0.1, 0.15) is 5.76 Å². The number of hydrogen-bond donors (Lipinski definition) is 0. The van der Waals surface area contributed by atoms with Gasteiger partial charge in [-0.3, -0.25) is 0 Å². The zero-order valence-corrected chi connectivity index (χ0v) is 11.2. The van der Waals surface area contributed by atoms with E-state index in [-0.39, 0.29) is 4.47 Å². The van der Waals surface area contributed by atoms with Crippen LogP contribution in [0.2, 0.25) is 5.02 Å². The monoisotopic (exact) mass is 352 g/mol. The van der Waals surface area contributed by atoms with E-state index in [9.17, 15) is 4.39 Å². The van der Waals surface area contributed by atoms with Crippen LogP contribution in [0.25, 0.3) is 11.3 Å². The second-order valence-corrected chi connectivity index (χ2v) is 4.88. The first-order valence-electron chi connectivity index (χ1n) is 3.98. The van der Waals surface area contributed by atoms with Gasteiger partial charge in [0.25, 0.3) is 0 Å². The Morgan fingerprint density at radius 1 is 1.33 bits per heavy atom. The van der Waals surface area contributed by atoms with Gasteiger partial charge in [0, 0.05) is 0 Å². The highest BCUT2D eigenvalue weighted by molar-refractivity contribution is 9.11. The molecule has 1 heterocycles. The lowest BCUT2D eigenvalue weighted by molar-refractivity contribution is 0.578. The number of furan rings is 1. The molecule has 15 heavy (non-hydrogen) atoms. The number of hydrogen-bond acceptors (Lipinski definition) is 1. The maximum Gasteiger partial charge on any atom is 0.152 e. The Balaban J connectivity index is 2.72. The van der Waals surface area contributed by atoms with Gasteiger partial charge in [0.05, 0.1) is 25.8 Å². The SMILES string of the molecule is Fc1c(Br)cc(Cl)c(-c2ccco2)c1Br. The first-order valence-corrected chi connectivity index (χ1v) is 5.94. The van der Waals surface area contributed by atoms with Crippen LogP contribution in [0.15, 0.2) is 37.8 Å². The highest BCUT2D eigenvalue weighted by atomic mass is 79.9. The van der Waals surface area contributed by atoms with Crippen LogP contribution >= 0.6 is 43.5 Å². The molecule has 1 aromatic carbocycles. The van der Waals surface area contributed by atoms with Crippen molar-refractivity contribution < 1.29 is 8.81 Å². The molecule has 0 saturated carbocycles. The predicted molar refractivity (Wildman–Crippen MR) is 64.5 cm³/mol. The van der Waals surface area contributed by atoms with Gasteiger partial charge in [-0.15, -0.1) is 0 Å². The molecule has 0 saturated heterocycles. The molecule has 0 aliphatic heterocycles. The quantitative estimate of drug-likeness (QED) is 0.503. The third kappa shape index (κ3) is 1.98. The van der Waals surface area contributed by atoms with Crippen molar-refractivity contribution >= 4 is 43.5 Å². The van der Waals surface area contributed by atoms with Crippen molar-refractivity contribution in [1.82, 2.24) is 0 Å². The molecular formula is C10H4Br2ClFO. The van der Waals surface area contributed by atoms with Crippen molar-refractivity contribution in [2.45, 2.75) is 0 Å². The Bertz CT molecular complexity index is 497. The fraction of sp³-hybridized carbons (Fsp3) is 0. The average Bonchev–Trinajstić information content (AvgIpc) is 2.68. The first kappa shape index (κ1) is 11.2. The van der Waals surface area contributed by atoms with Gasteiger partial charge in [0.2, 0.25) is 0 Å². The number of benzene rings is 1. The minimum absolute atomic E-state index is 0.289. The van der Waals surface area contributed by atoms with Gasteiger partial charge in [-0.05, 0) is 50.1 Å². The van der Waals surface area contributed by atoms with Crippen molar-refractivity contribution in [3.8, 4) is 11.3 Å². The van der Waals surface area contributed by atoms with Crippen molar-refractivity contribution in [3.05, 3.63) is 44.2 Å². The van der Waals surface area contributed by atoms with E-state index in [2.05, 4.69) is 31.9 Å². The molecule has 2 rings (SSSR count). The van der Waals surface area contributed by atoms with Crippen LogP contribution < -0.4 is 0 Å². The fourth-order valence-corrected chi connectivity index (χ4v) is 3.07. The minimum atomic E-state index is -0.397. The Labute approximate surface area is 107 Å². The Kier molecular flexibility index (Phi) is 3.19. The third-order valence-corrected chi connectivity index (χ3v) is 3.50. The van der Waals surface area contributed by atoms with Crippen LogP contribution in [0.3, 0.4) is 0 Å². The van der Waals surface area contributed by atoms with Crippen LogP contribution in [-0.4, -0.2) is 0 Å². The standard InChI is InChI=1S/C10H4Br2ClFO/c11-5-4-6(13)8(9(12)10(5)14)7-2-1-3-15-7/h1-4H. The van der Waals surface area contributed by atoms with Gasteiger partial charge < -0.3 is 4.42 Å². The van der Waals surface area contributed by atoms with Gasteiger partial charge >= 0.3 is 0 Å². The van der Waals surface area contributed by atoms with E-state index >= 15 is 0 Å². The van der Waals surface area contributed by atoms with Crippen LogP contribution in [0.1, 0.15) is 0 Å². The summed E-state index contributed by atoms with van der Waals surface area (Å²) in [6, 6.07) is 4.94. The second kappa shape index (κ2) is 4.28. The molecule has 0 spiro atoms. The van der Waals surface area contributed by atoms with Crippen LogP contribution in [0, 0.1) is 5.82 Å². The van der Waals surface area contributed by atoms with E-state index in [0.717, 1.165) is 0 Å². The molecule has 78 valence electrons. The van der Waals surface area contributed by atoms with E-state index < -0.39 is 5.82 Å². The Morgan fingerprint density at radius 2 is 2.07 bits per heavy atom. The minimum Gasteiger partial charge on any atom is -0.464 e. The summed E-state index contributed by atoms with van der Waals surface area (Å²) >= 11 is 12.2. The molecule has 1 nitrogen and oxygen atoms in total. The lowest BCUT2D eigenvalue weighted by Gasteiger charge is -2.06. The molecule has 0 amide bonds. The largest absolute Gasteiger partial charge is 0.464 e. The summed E-state index contributed by atoms with van der Waals surface area (Å²) in [5.74, 6) is 0.129. The predicted octanol–water partition coefficient (Wildman–Crippen LogP) is 5.26. The van der Waals surface area contributed by atoms with Crippen molar-refractivity contribution in [1.29, 1.82) is 0 Å². The summed E-state index contributed by atoms with van der Waals surface area (Å²) in [5, 5.41) is 0.421. The van der Waals surface area contributed by atoms with E-state index in [0.29, 0.717) is 20.8 Å². The Morgan fingerprint density at radius 3 is 2.67 bits per heavy atom. The van der Waals surface area contributed by atoms with Gasteiger partial charge in [-0.25, -0.2) is 4.39 Å². The zero-order chi connectivity index (χ0) is 11.0. The van der Waals surface area contributed by atoms with E-state index in [1.807, 2.05) is 0 Å².